The van der Waals surface area contributed by atoms with Crippen molar-refractivity contribution in [3.8, 4) is 0 Å². The van der Waals surface area contributed by atoms with Crippen molar-refractivity contribution in [1.82, 2.24) is 0 Å². The number of imide groups is 1. The van der Waals surface area contributed by atoms with Crippen molar-refractivity contribution in [3.63, 3.8) is 0 Å². The van der Waals surface area contributed by atoms with Crippen molar-refractivity contribution in [2.24, 2.45) is 35.5 Å². The summed E-state index contributed by atoms with van der Waals surface area (Å²) in [6.07, 6.45) is 5.35. The maximum Gasteiger partial charge on any atom is 0.271 e. The van der Waals surface area contributed by atoms with Crippen LogP contribution in [-0.4, -0.2) is 22.6 Å². The van der Waals surface area contributed by atoms with Gasteiger partial charge < -0.3 is 5.32 Å². The van der Waals surface area contributed by atoms with Crippen molar-refractivity contribution < 1.29 is 19.3 Å². The Balaban J connectivity index is 1.27. The van der Waals surface area contributed by atoms with Gasteiger partial charge in [-0.1, -0.05) is 24.3 Å². The average Bonchev–Trinajstić information content (AvgIpc) is 3.57. The second-order valence-corrected chi connectivity index (χ2v) is 8.98. The molecule has 2 bridgehead atoms. The summed E-state index contributed by atoms with van der Waals surface area (Å²) in [6.45, 7) is 0. The Morgan fingerprint density at radius 1 is 0.969 bits per heavy atom. The second-order valence-electron chi connectivity index (χ2n) is 8.98. The molecule has 1 aliphatic heterocycles. The third-order valence-electron chi connectivity index (χ3n) is 7.34. The molecule has 2 aromatic rings. The van der Waals surface area contributed by atoms with Crippen LogP contribution in [0.5, 0.6) is 0 Å². The number of hydrogen-bond acceptors (Lipinski definition) is 5. The third kappa shape index (κ3) is 2.65. The first-order valence-corrected chi connectivity index (χ1v) is 10.7. The Labute approximate surface area is 183 Å². The van der Waals surface area contributed by atoms with E-state index in [4.69, 9.17) is 0 Å². The molecule has 8 nitrogen and oxygen atoms in total. The Bertz CT molecular complexity index is 1200. The third-order valence-corrected chi connectivity index (χ3v) is 7.34. The number of rotatable bonds is 4. The van der Waals surface area contributed by atoms with Crippen molar-refractivity contribution >= 4 is 34.8 Å². The second kappa shape index (κ2) is 6.59. The number of amides is 3. The van der Waals surface area contributed by atoms with E-state index in [9.17, 15) is 24.5 Å². The number of carbonyl (C=O) groups is 3. The largest absolute Gasteiger partial charge is 0.322 e. The Morgan fingerprint density at radius 2 is 1.62 bits per heavy atom. The molecule has 0 radical (unpaired) electrons. The molecule has 160 valence electrons. The van der Waals surface area contributed by atoms with Gasteiger partial charge in [-0.3, -0.25) is 24.5 Å². The van der Waals surface area contributed by atoms with E-state index in [1.807, 2.05) is 0 Å². The highest BCUT2D eigenvalue weighted by molar-refractivity contribution is 6.23. The van der Waals surface area contributed by atoms with Gasteiger partial charge in [-0.05, 0) is 54.4 Å². The molecule has 0 unspecified atom stereocenters. The van der Waals surface area contributed by atoms with Crippen LogP contribution in [0.25, 0.3) is 0 Å². The summed E-state index contributed by atoms with van der Waals surface area (Å²) in [5.41, 5.74) is 0.798. The minimum Gasteiger partial charge on any atom is -0.322 e. The van der Waals surface area contributed by atoms with E-state index in [1.165, 1.54) is 29.2 Å². The van der Waals surface area contributed by atoms with Gasteiger partial charge in [0.1, 0.15) is 0 Å². The molecule has 3 fully saturated rings. The van der Waals surface area contributed by atoms with Crippen LogP contribution in [0, 0.1) is 45.6 Å². The molecule has 1 saturated heterocycles. The van der Waals surface area contributed by atoms with Crippen LogP contribution < -0.4 is 10.2 Å². The van der Waals surface area contributed by atoms with Gasteiger partial charge in [-0.15, -0.1) is 0 Å². The molecule has 2 saturated carbocycles. The quantitative estimate of drug-likeness (QED) is 0.347. The maximum absolute atomic E-state index is 13.3. The molecule has 6 atom stereocenters. The normalized spacial score (nSPS) is 31.3. The van der Waals surface area contributed by atoms with Crippen LogP contribution in [0.2, 0.25) is 0 Å². The lowest BCUT2D eigenvalue weighted by Crippen LogP contribution is -2.40. The first kappa shape index (κ1) is 18.9. The van der Waals surface area contributed by atoms with E-state index in [0.717, 1.165) is 6.42 Å². The minimum absolute atomic E-state index is 0.131. The summed E-state index contributed by atoms with van der Waals surface area (Å²) in [4.78, 5) is 51.0. The van der Waals surface area contributed by atoms with Crippen molar-refractivity contribution in [1.29, 1.82) is 0 Å². The summed E-state index contributed by atoms with van der Waals surface area (Å²) < 4.78 is 0. The van der Waals surface area contributed by atoms with Crippen LogP contribution in [0.15, 0.2) is 60.7 Å². The fraction of sp³-hybridized carbons (Fsp3) is 0.292. The predicted octanol–water partition coefficient (Wildman–Crippen LogP) is 3.40. The van der Waals surface area contributed by atoms with Gasteiger partial charge in [-0.2, -0.15) is 0 Å². The van der Waals surface area contributed by atoms with Crippen molar-refractivity contribution in [2.75, 3.05) is 10.2 Å². The zero-order chi connectivity index (χ0) is 22.1. The van der Waals surface area contributed by atoms with Crippen LogP contribution in [0.4, 0.5) is 17.1 Å². The molecule has 0 spiro atoms. The van der Waals surface area contributed by atoms with E-state index in [1.54, 1.807) is 24.3 Å². The van der Waals surface area contributed by atoms with Crippen LogP contribution in [0.1, 0.15) is 16.8 Å². The van der Waals surface area contributed by atoms with Gasteiger partial charge in [0.05, 0.1) is 22.4 Å². The number of non-ortho nitro benzene ring substituents is 1. The molecular weight excluding hydrogens is 410 g/mol. The number of allylic oxidation sites excluding steroid dienone is 2. The summed E-state index contributed by atoms with van der Waals surface area (Å²) in [5, 5.41) is 13.6. The lowest BCUT2D eigenvalue weighted by Gasteiger charge is -2.37. The smallest absolute Gasteiger partial charge is 0.271 e. The molecule has 4 aliphatic carbocycles. The van der Waals surface area contributed by atoms with Gasteiger partial charge in [-0.25, -0.2) is 4.90 Å². The lowest BCUT2D eigenvalue weighted by molar-refractivity contribution is -0.384. The van der Waals surface area contributed by atoms with Gasteiger partial charge >= 0.3 is 0 Å². The van der Waals surface area contributed by atoms with E-state index in [2.05, 4.69) is 17.5 Å². The number of anilines is 2. The Hall–Kier alpha value is -3.81. The summed E-state index contributed by atoms with van der Waals surface area (Å²) in [7, 11) is 0. The first-order valence-electron chi connectivity index (χ1n) is 10.7. The molecule has 3 amide bonds. The zero-order valence-corrected chi connectivity index (χ0v) is 16.9. The Kier molecular flexibility index (Phi) is 3.90. The number of nitrogens with one attached hydrogen (secondary N) is 1. The molecule has 1 heterocycles. The van der Waals surface area contributed by atoms with Crippen LogP contribution in [-0.2, 0) is 9.59 Å². The van der Waals surface area contributed by atoms with Gasteiger partial charge in [0, 0.05) is 23.4 Å². The first-order chi connectivity index (χ1) is 15.4. The number of benzene rings is 2. The van der Waals surface area contributed by atoms with Crippen molar-refractivity contribution in [3.05, 3.63) is 76.4 Å². The van der Waals surface area contributed by atoms with E-state index in [-0.39, 0.29) is 52.4 Å². The zero-order valence-electron chi connectivity index (χ0n) is 16.9. The van der Waals surface area contributed by atoms with Crippen LogP contribution in [0.3, 0.4) is 0 Å². The molecule has 32 heavy (non-hydrogen) atoms. The minimum atomic E-state index is -0.535. The molecule has 0 aromatic heterocycles. The Morgan fingerprint density at radius 3 is 2.28 bits per heavy atom. The number of hydrogen-bond donors (Lipinski definition) is 1. The van der Waals surface area contributed by atoms with E-state index < -0.39 is 10.8 Å². The van der Waals surface area contributed by atoms with E-state index >= 15 is 0 Å². The highest BCUT2D eigenvalue weighted by Gasteiger charge is 2.67. The fourth-order valence-electron chi connectivity index (χ4n) is 5.90. The van der Waals surface area contributed by atoms with Crippen molar-refractivity contribution in [2.45, 2.75) is 6.42 Å². The highest BCUT2D eigenvalue weighted by atomic mass is 16.6. The number of carbonyl (C=O) groups excluding carboxylic acids is 3. The van der Waals surface area contributed by atoms with E-state index in [0.29, 0.717) is 17.5 Å². The monoisotopic (exact) mass is 429 g/mol. The maximum atomic E-state index is 13.3. The summed E-state index contributed by atoms with van der Waals surface area (Å²) >= 11 is 0. The number of nitro benzene ring substituents is 1. The molecule has 8 heteroatoms. The number of nitro groups is 1. The number of nitrogens with zero attached hydrogens (tertiary/aromatic N) is 2. The van der Waals surface area contributed by atoms with Crippen LogP contribution >= 0.6 is 0 Å². The van der Waals surface area contributed by atoms with Gasteiger partial charge in [0.2, 0.25) is 11.8 Å². The molecule has 2 aromatic carbocycles. The van der Waals surface area contributed by atoms with Gasteiger partial charge in [0.25, 0.3) is 11.6 Å². The molecule has 1 N–H and O–H groups in total. The molecule has 7 rings (SSSR count). The fourth-order valence-corrected chi connectivity index (χ4v) is 5.90. The summed E-state index contributed by atoms with van der Waals surface area (Å²) in [5.74, 6) is -0.125. The summed E-state index contributed by atoms with van der Waals surface area (Å²) in [6, 6.07) is 12.0. The SMILES string of the molecule is O=C(Nc1cccc([N+](=O)[O-])c1)c1cccc(N2C(=O)[C@@H]3[C@@H]4C=C[C@H]([C@H]5C[C@H]45)[C@@H]3C2=O)c1. The molecule has 5 aliphatic rings. The van der Waals surface area contributed by atoms with Gasteiger partial charge in [0.15, 0.2) is 0 Å². The molecular formula is C24H19N3O5. The predicted molar refractivity (Wildman–Crippen MR) is 115 cm³/mol. The average molecular weight is 429 g/mol. The topological polar surface area (TPSA) is 110 Å². The highest BCUT2D eigenvalue weighted by Crippen LogP contribution is 2.65. The lowest BCUT2D eigenvalue weighted by atomic mass is 9.63. The standard InChI is InChI=1S/C24H19N3O5/c28-22(25-13-4-2-6-15(10-13)27(31)32)12-3-1-5-14(9-12)26-23(29)20-16-7-8-17(19-11-18(16)19)21(20)24(26)30/h1-10,16-21H,11H2,(H,25,28)/t16-,17-,18-,19-,20-,21+/m1/s1.